The van der Waals surface area contributed by atoms with Gasteiger partial charge in [0.25, 0.3) is 6.71 Å². The zero-order chi connectivity index (χ0) is 51.8. The Morgan fingerprint density at radius 2 is 0.724 bits per heavy atom. The first-order valence-electron chi connectivity index (χ1n) is 27.3. The predicted molar refractivity (Wildman–Crippen MR) is 328 cm³/mol. The van der Waals surface area contributed by atoms with Crippen molar-refractivity contribution in [2.45, 2.75) is 66.2 Å². The van der Waals surface area contributed by atoms with Gasteiger partial charge >= 0.3 is 0 Å². The SMILES string of the molecule is Cc1ccc2c(c1)B(c1c(C(C)C)cc(C(C)C)cc1C(C)C)c1cc3c(cc1N2c1ccccc1)N(c1ccccc1)c1cc(N(c2ccccc2)c2ccccc2)cc2c1B3c1ccccc1N2c1ccccc1. The maximum Gasteiger partial charge on any atom is 0.252 e. The van der Waals surface area contributed by atoms with Gasteiger partial charge in [0, 0.05) is 62.6 Å². The van der Waals surface area contributed by atoms with Crippen LogP contribution in [-0.2, 0) is 0 Å². The Balaban J connectivity index is 1.18. The molecule has 76 heavy (non-hydrogen) atoms. The largest absolute Gasteiger partial charge is 0.311 e. The lowest BCUT2D eigenvalue weighted by Gasteiger charge is -2.46. The van der Waals surface area contributed by atoms with Crippen molar-refractivity contribution >= 4 is 114 Å². The maximum absolute atomic E-state index is 2.66. The van der Waals surface area contributed by atoms with Crippen LogP contribution in [0, 0.1) is 6.92 Å². The van der Waals surface area contributed by atoms with Crippen LogP contribution in [0.5, 0.6) is 0 Å². The summed E-state index contributed by atoms with van der Waals surface area (Å²) >= 11 is 0. The van der Waals surface area contributed by atoms with E-state index in [2.05, 4.69) is 299 Å². The van der Waals surface area contributed by atoms with Gasteiger partial charge in [-0.15, -0.1) is 0 Å². The minimum atomic E-state index is -0.0976. The summed E-state index contributed by atoms with van der Waals surface area (Å²) in [6.45, 7) is 16.4. The molecule has 3 heterocycles. The van der Waals surface area contributed by atoms with Gasteiger partial charge < -0.3 is 19.6 Å². The number of hydrogen-bond acceptors (Lipinski definition) is 4. The average molecular weight is 981 g/mol. The molecule has 10 aromatic rings. The molecule has 0 radical (unpaired) electrons. The number of aryl methyl sites for hydroxylation is 1. The molecule has 0 saturated heterocycles. The van der Waals surface area contributed by atoms with E-state index in [1.807, 2.05) is 0 Å². The minimum absolute atomic E-state index is 0.0375. The molecule has 0 N–H and O–H groups in total. The van der Waals surface area contributed by atoms with Crippen molar-refractivity contribution in [3.63, 3.8) is 0 Å². The number of anilines is 12. The number of fused-ring (bicyclic) bond motifs is 6. The lowest BCUT2D eigenvalue weighted by molar-refractivity contribution is 0.812. The normalized spacial score (nSPS) is 13.2. The number of nitrogens with zero attached hydrogens (tertiary/aromatic N) is 4. The molecule has 3 aliphatic heterocycles. The van der Waals surface area contributed by atoms with Crippen molar-refractivity contribution in [1.82, 2.24) is 0 Å². The second kappa shape index (κ2) is 19.0. The van der Waals surface area contributed by atoms with Crippen LogP contribution in [0.4, 0.5) is 68.2 Å². The Morgan fingerprint density at radius 3 is 1.21 bits per heavy atom. The quantitative estimate of drug-likeness (QED) is 0.127. The number of para-hydroxylation sites is 6. The van der Waals surface area contributed by atoms with Crippen LogP contribution < -0.4 is 52.4 Å². The zero-order valence-corrected chi connectivity index (χ0v) is 44.6. The average Bonchev–Trinajstić information content (AvgIpc) is 3.64. The Labute approximate surface area is 450 Å². The molecule has 368 valence electrons. The lowest BCUT2D eigenvalue weighted by atomic mass is 9.30. The fourth-order valence-electron chi connectivity index (χ4n) is 12.8. The Hall–Kier alpha value is -8.47. The van der Waals surface area contributed by atoms with E-state index in [4.69, 9.17) is 0 Å². The summed E-state index contributed by atoms with van der Waals surface area (Å²) in [6.07, 6.45) is 0. The zero-order valence-electron chi connectivity index (χ0n) is 44.6. The van der Waals surface area contributed by atoms with Crippen LogP contribution >= 0.6 is 0 Å². The predicted octanol–water partition coefficient (Wildman–Crippen LogP) is 15.2. The molecule has 4 nitrogen and oxygen atoms in total. The van der Waals surface area contributed by atoms with Crippen molar-refractivity contribution in [3.8, 4) is 0 Å². The molecule has 0 atom stereocenters. The molecule has 0 spiro atoms. The molecule has 0 fully saturated rings. The van der Waals surface area contributed by atoms with E-state index in [1.165, 1.54) is 83.5 Å². The summed E-state index contributed by atoms with van der Waals surface area (Å²) in [7, 11) is 0. The highest BCUT2D eigenvalue weighted by molar-refractivity contribution is 7.02. The third kappa shape index (κ3) is 7.76. The highest BCUT2D eigenvalue weighted by Crippen LogP contribution is 2.49. The van der Waals surface area contributed by atoms with Crippen molar-refractivity contribution in [1.29, 1.82) is 0 Å². The van der Waals surface area contributed by atoms with Gasteiger partial charge in [-0.2, -0.15) is 0 Å². The number of benzene rings is 10. The molecule has 13 rings (SSSR count). The van der Waals surface area contributed by atoms with Crippen LogP contribution in [0.2, 0.25) is 0 Å². The van der Waals surface area contributed by atoms with Crippen molar-refractivity contribution in [2.24, 2.45) is 0 Å². The summed E-state index contributed by atoms with van der Waals surface area (Å²) in [4.78, 5) is 10.1. The standard InChI is InChI=1S/C70H62B2N4/c1-46(2)50-40-57(47(3)4)69(58(41-50)48(5)6)72-60-39-49(7)37-38-64(60)74(53-29-17-10-18-30-53)65-45-66-61(44-62(65)72)71-59-35-23-24-36-63(59)75(54-31-19-11-20-32-54)67-42-56(43-68(70(67)71)76(66)55-33-21-12-22-34-55)73(51-25-13-8-14-26-51)52-27-15-9-16-28-52/h8-48H,1-7H3. The highest BCUT2D eigenvalue weighted by atomic mass is 15.2. The summed E-state index contributed by atoms with van der Waals surface area (Å²) in [6, 6.07) is 86.5. The van der Waals surface area contributed by atoms with E-state index < -0.39 is 0 Å². The van der Waals surface area contributed by atoms with Gasteiger partial charge in [0.15, 0.2) is 0 Å². The number of rotatable bonds is 10. The topological polar surface area (TPSA) is 13.0 Å². The third-order valence-corrected chi connectivity index (χ3v) is 16.2. The molecule has 3 aliphatic rings. The van der Waals surface area contributed by atoms with Gasteiger partial charge in [-0.1, -0.05) is 192 Å². The third-order valence-electron chi connectivity index (χ3n) is 16.2. The molecule has 0 aromatic heterocycles. The van der Waals surface area contributed by atoms with Crippen LogP contribution in [0.1, 0.15) is 81.5 Å². The highest BCUT2D eigenvalue weighted by Gasteiger charge is 2.47. The molecule has 0 amide bonds. The van der Waals surface area contributed by atoms with Gasteiger partial charge in [0.05, 0.1) is 5.69 Å². The lowest BCUT2D eigenvalue weighted by Crippen LogP contribution is -2.64. The second-order valence-electron chi connectivity index (χ2n) is 22.0. The molecule has 0 bridgehead atoms. The summed E-state index contributed by atoms with van der Waals surface area (Å²) in [5.74, 6) is 1.03. The molecule has 0 aliphatic carbocycles. The van der Waals surface area contributed by atoms with E-state index in [0.717, 1.165) is 39.8 Å². The van der Waals surface area contributed by atoms with Crippen molar-refractivity contribution in [2.75, 3.05) is 19.6 Å². The summed E-state index contributed by atoms with van der Waals surface area (Å²) < 4.78 is 0. The van der Waals surface area contributed by atoms with Gasteiger partial charge in [0.2, 0.25) is 6.71 Å². The van der Waals surface area contributed by atoms with Crippen molar-refractivity contribution < 1.29 is 0 Å². The Morgan fingerprint density at radius 1 is 0.316 bits per heavy atom. The van der Waals surface area contributed by atoms with E-state index >= 15 is 0 Å². The molecule has 10 aromatic carbocycles. The van der Waals surface area contributed by atoms with Crippen molar-refractivity contribution in [3.05, 3.63) is 253 Å². The van der Waals surface area contributed by atoms with Gasteiger partial charge in [-0.3, -0.25) is 0 Å². The van der Waals surface area contributed by atoms with Crippen LogP contribution in [-0.4, -0.2) is 13.4 Å². The Kier molecular flexibility index (Phi) is 11.8. The molecular formula is C70H62B2N4. The molecular weight excluding hydrogens is 918 g/mol. The summed E-state index contributed by atoms with van der Waals surface area (Å²) in [5, 5.41) is 0. The molecule has 0 saturated carbocycles. The molecule has 6 heteroatoms. The van der Waals surface area contributed by atoms with Gasteiger partial charge in [-0.05, 0) is 160 Å². The maximum atomic E-state index is 2.66. The second-order valence-corrected chi connectivity index (χ2v) is 22.0. The smallest absolute Gasteiger partial charge is 0.252 e. The van der Waals surface area contributed by atoms with E-state index in [9.17, 15) is 0 Å². The number of hydrogen-bond donors (Lipinski definition) is 0. The minimum Gasteiger partial charge on any atom is -0.311 e. The van der Waals surface area contributed by atoms with E-state index in [-0.39, 0.29) is 13.4 Å². The first-order chi connectivity index (χ1) is 37.1. The fourth-order valence-corrected chi connectivity index (χ4v) is 12.8. The fraction of sp³-hybridized carbons (Fsp3) is 0.143. The van der Waals surface area contributed by atoms with Crippen LogP contribution in [0.25, 0.3) is 0 Å². The summed E-state index contributed by atoms with van der Waals surface area (Å²) in [5.41, 5.74) is 27.4. The van der Waals surface area contributed by atoms with E-state index in [0.29, 0.717) is 17.8 Å². The van der Waals surface area contributed by atoms with Crippen LogP contribution in [0.3, 0.4) is 0 Å². The van der Waals surface area contributed by atoms with Gasteiger partial charge in [-0.25, -0.2) is 0 Å². The van der Waals surface area contributed by atoms with Gasteiger partial charge in [0.1, 0.15) is 0 Å². The van der Waals surface area contributed by atoms with E-state index in [1.54, 1.807) is 0 Å². The first-order valence-corrected chi connectivity index (χ1v) is 27.3. The monoisotopic (exact) mass is 981 g/mol. The van der Waals surface area contributed by atoms with Crippen LogP contribution in [0.15, 0.2) is 231 Å². The first kappa shape index (κ1) is 47.3. The molecule has 0 unspecified atom stereocenters. The Bertz CT molecular complexity index is 3720.